The zero-order chi connectivity index (χ0) is 52.6. The molecule has 0 radical (unpaired) electrons. The Labute approximate surface area is 432 Å². The molecular formula is C60H61NO13. The third kappa shape index (κ3) is 21.0. The van der Waals surface area contributed by atoms with E-state index in [1.807, 2.05) is 36.4 Å². The van der Waals surface area contributed by atoms with Crippen molar-refractivity contribution in [2.24, 2.45) is 0 Å². The Balaban J connectivity index is 1.10. The molecule has 5 aromatic carbocycles. The number of carbonyl (C=O) groups excluding carboxylic acids is 5. The first kappa shape index (κ1) is 56.3. The molecule has 0 aromatic heterocycles. The topological polar surface area (TPSA) is 183 Å². The average Bonchev–Trinajstić information content (AvgIpc) is 3.43. The van der Waals surface area contributed by atoms with Crippen molar-refractivity contribution in [2.75, 3.05) is 39.6 Å². The van der Waals surface area contributed by atoms with Crippen LogP contribution in [0.2, 0.25) is 0 Å². The third-order valence-corrected chi connectivity index (χ3v) is 11.0. The number of hydrogen-bond acceptors (Lipinski definition) is 14. The first-order valence-corrected chi connectivity index (χ1v) is 24.7. The van der Waals surface area contributed by atoms with E-state index < -0.39 is 29.8 Å². The highest BCUT2D eigenvalue weighted by Crippen LogP contribution is 2.28. The molecule has 14 nitrogen and oxygen atoms in total. The number of rotatable bonds is 31. The Morgan fingerprint density at radius 3 is 1.20 bits per heavy atom. The molecule has 0 saturated heterocycles. The van der Waals surface area contributed by atoms with Crippen LogP contribution in [0, 0.1) is 23.2 Å². The van der Waals surface area contributed by atoms with E-state index in [-0.39, 0.29) is 34.8 Å². The number of carbonyl (C=O) groups is 5. The number of hydrogen-bond donors (Lipinski definition) is 0. The van der Waals surface area contributed by atoms with E-state index in [2.05, 4.69) is 31.1 Å². The van der Waals surface area contributed by atoms with Crippen LogP contribution in [0.25, 0.3) is 0 Å². The molecule has 0 saturated carbocycles. The lowest BCUT2D eigenvalue weighted by Crippen LogP contribution is -2.15. The molecule has 0 bridgehead atoms. The van der Waals surface area contributed by atoms with Gasteiger partial charge in [0.25, 0.3) is 0 Å². The van der Waals surface area contributed by atoms with Crippen LogP contribution >= 0.6 is 0 Å². The molecule has 0 heterocycles. The van der Waals surface area contributed by atoms with Crippen molar-refractivity contribution in [3.05, 3.63) is 174 Å². The normalized spacial score (nSPS) is 10.3. The van der Waals surface area contributed by atoms with Crippen LogP contribution in [-0.4, -0.2) is 69.5 Å². The molecule has 0 aliphatic carbocycles. The van der Waals surface area contributed by atoms with E-state index in [0.717, 1.165) is 99.7 Å². The van der Waals surface area contributed by atoms with Gasteiger partial charge in [-0.25, -0.2) is 24.0 Å². The highest BCUT2D eigenvalue weighted by Gasteiger charge is 2.21. The monoisotopic (exact) mass is 1000 g/mol. The largest absolute Gasteiger partial charge is 0.494 e. The van der Waals surface area contributed by atoms with Crippen molar-refractivity contribution in [2.45, 2.75) is 77.0 Å². The van der Waals surface area contributed by atoms with Gasteiger partial charge in [-0.1, -0.05) is 25.0 Å². The first-order chi connectivity index (χ1) is 36.1. The maximum absolute atomic E-state index is 13.6. The molecule has 0 amide bonds. The summed E-state index contributed by atoms with van der Waals surface area (Å²) in [7, 11) is 0. The van der Waals surface area contributed by atoms with Gasteiger partial charge in [0, 0.05) is 23.3 Å². The van der Waals surface area contributed by atoms with Crippen LogP contribution in [-0.2, 0) is 23.8 Å². The first-order valence-electron chi connectivity index (χ1n) is 24.7. The SMILES string of the molecule is C=CC(=O)OCCCCCCOc1ccc(C(=O)Oc2ccc(OC(=O)c3ccc(OCCCCCCOC(=O)C=C)cc3)c(C(=O)OCCCCCCOc3ccc(C#Cc4ccc(C#N)cc4)cc3)c2)cc1. The van der Waals surface area contributed by atoms with E-state index in [1.165, 1.54) is 18.2 Å². The molecule has 0 aliphatic heterocycles. The third-order valence-electron chi connectivity index (χ3n) is 11.0. The predicted molar refractivity (Wildman–Crippen MR) is 277 cm³/mol. The van der Waals surface area contributed by atoms with Gasteiger partial charge < -0.3 is 37.9 Å². The number of benzene rings is 5. The molecular weight excluding hydrogens is 943 g/mol. The molecule has 0 unspecified atom stereocenters. The smallest absolute Gasteiger partial charge is 0.343 e. The lowest BCUT2D eigenvalue weighted by molar-refractivity contribution is -0.138. The second-order valence-electron chi connectivity index (χ2n) is 16.6. The van der Waals surface area contributed by atoms with Crippen molar-refractivity contribution < 1.29 is 61.9 Å². The minimum absolute atomic E-state index is 0.0321. The molecule has 5 rings (SSSR count). The zero-order valence-electron chi connectivity index (χ0n) is 41.5. The summed E-state index contributed by atoms with van der Waals surface area (Å²) in [6.07, 6.45) is 11.8. The molecule has 0 atom stereocenters. The minimum Gasteiger partial charge on any atom is -0.494 e. The van der Waals surface area contributed by atoms with Crippen LogP contribution < -0.4 is 23.7 Å². The van der Waals surface area contributed by atoms with E-state index in [9.17, 15) is 24.0 Å². The van der Waals surface area contributed by atoms with Crippen molar-refractivity contribution in [1.82, 2.24) is 0 Å². The Morgan fingerprint density at radius 2 is 0.770 bits per heavy atom. The molecule has 0 N–H and O–H groups in total. The second kappa shape index (κ2) is 32.4. The van der Waals surface area contributed by atoms with Gasteiger partial charge in [-0.3, -0.25) is 0 Å². The molecule has 0 spiro atoms. The zero-order valence-corrected chi connectivity index (χ0v) is 41.5. The van der Waals surface area contributed by atoms with Crippen molar-refractivity contribution in [1.29, 1.82) is 5.26 Å². The van der Waals surface area contributed by atoms with Gasteiger partial charge in [0.2, 0.25) is 0 Å². The Morgan fingerprint density at radius 1 is 0.405 bits per heavy atom. The van der Waals surface area contributed by atoms with Gasteiger partial charge >= 0.3 is 29.8 Å². The predicted octanol–water partition coefficient (Wildman–Crippen LogP) is 11.5. The summed E-state index contributed by atoms with van der Waals surface area (Å²) < 4.78 is 44.5. The number of nitrogens with zero attached hydrogens (tertiary/aromatic N) is 1. The summed E-state index contributed by atoms with van der Waals surface area (Å²) in [6, 6.07) is 33.7. The highest BCUT2D eigenvalue weighted by molar-refractivity contribution is 5.97. The Kier molecular flexibility index (Phi) is 24.6. The fraction of sp³-hybridized carbons (Fsp3) is 0.300. The van der Waals surface area contributed by atoms with Gasteiger partial charge in [0.05, 0.1) is 62.4 Å². The van der Waals surface area contributed by atoms with Gasteiger partial charge in [-0.2, -0.15) is 5.26 Å². The van der Waals surface area contributed by atoms with Gasteiger partial charge in [0.15, 0.2) is 0 Å². The number of esters is 5. The lowest BCUT2D eigenvalue weighted by Gasteiger charge is -2.13. The molecule has 384 valence electrons. The Bertz CT molecular complexity index is 2710. The summed E-state index contributed by atoms with van der Waals surface area (Å²) in [4.78, 5) is 62.5. The summed E-state index contributed by atoms with van der Waals surface area (Å²) in [5.74, 6) is 4.98. The lowest BCUT2D eigenvalue weighted by atomic mass is 10.1. The molecule has 0 fully saturated rings. The number of nitriles is 1. The summed E-state index contributed by atoms with van der Waals surface area (Å²) >= 11 is 0. The quantitative estimate of drug-likeness (QED) is 0.0102. The summed E-state index contributed by atoms with van der Waals surface area (Å²) in [5, 5.41) is 8.98. The fourth-order valence-corrected chi connectivity index (χ4v) is 6.88. The molecule has 5 aromatic rings. The van der Waals surface area contributed by atoms with E-state index in [1.54, 1.807) is 60.7 Å². The summed E-state index contributed by atoms with van der Waals surface area (Å²) in [6.45, 7) is 8.98. The van der Waals surface area contributed by atoms with Crippen molar-refractivity contribution in [3.63, 3.8) is 0 Å². The van der Waals surface area contributed by atoms with Crippen molar-refractivity contribution >= 4 is 29.8 Å². The van der Waals surface area contributed by atoms with Gasteiger partial charge in [-0.15, -0.1) is 0 Å². The van der Waals surface area contributed by atoms with Gasteiger partial charge in [0.1, 0.15) is 34.3 Å². The van der Waals surface area contributed by atoms with Gasteiger partial charge in [-0.05, 0) is 192 Å². The molecule has 0 aliphatic rings. The highest BCUT2D eigenvalue weighted by atomic mass is 16.6. The maximum Gasteiger partial charge on any atom is 0.343 e. The fourth-order valence-electron chi connectivity index (χ4n) is 6.88. The van der Waals surface area contributed by atoms with E-state index in [0.29, 0.717) is 56.5 Å². The maximum atomic E-state index is 13.6. The molecule has 74 heavy (non-hydrogen) atoms. The van der Waals surface area contributed by atoms with E-state index >= 15 is 0 Å². The van der Waals surface area contributed by atoms with Crippen LogP contribution in [0.15, 0.2) is 141 Å². The van der Waals surface area contributed by atoms with Crippen molar-refractivity contribution in [3.8, 4) is 46.7 Å². The van der Waals surface area contributed by atoms with Crippen LogP contribution in [0.4, 0.5) is 0 Å². The Hall–Kier alpha value is -8.62. The van der Waals surface area contributed by atoms with Crippen LogP contribution in [0.5, 0.6) is 28.7 Å². The minimum atomic E-state index is -0.766. The standard InChI is InChI=1S/C60H61NO13/c1-3-56(62)70-40-14-8-5-11-38-68-51-31-25-48(26-32-51)58(64)73-53-35-36-55(74-59(65)49-27-33-52(34-28-49)69-39-12-6-9-15-41-71-57(63)4-2)54(43-53)60(66)72-42-16-10-7-13-37-67-50-29-23-46(24-30-50)18-17-45-19-21-47(44-61)22-20-45/h3-4,19-36,43H,1-2,5-16,37-42H2. The number of unbranched alkanes of at least 4 members (excludes halogenated alkanes) is 9. The number of ether oxygens (including phenoxy) is 8. The molecule has 14 heteroatoms. The van der Waals surface area contributed by atoms with E-state index in [4.69, 9.17) is 43.2 Å². The summed E-state index contributed by atoms with van der Waals surface area (Å²) in [5.41, 5.74) is 2.59. The average molecular weight is 1000 g/mol. The van der Waals surface area contributed by atoms with Crippen LogP contribution in [0.3, 0.4) is 0 Å². The van der Waals surface area contributed by atoms with Crippen LogP contribution in [0.1, 0.15) is 125 Å². The second-order valence-corrected chi connectivity index (χ2v) is 16.6.